The normalized spacial score (nSPS) is 11.7. The van der Waals surface area contributed by atoms with E-state index in [0.29, 0.717) is 29.9 Å². The molecule has 3 aromatic rings. The zero-order chi connectivity index (χ0) is 18.7. The first-order chi connectivity index (χ1) is 12.3. The molecule has 0 unspecified atom stereocenters. The second-order valence-electron chi connectivity index (χ2n) is 5.82. The second-order valence-corrected chi connectivity index (χ2v) is 5.82. The van der Waals surface area contributed by atoms with Gasteiger partial charge in [0.25, 0.3) is 0 Å². The maximum atomic E-state index is 12.8. The molecule has 0 aliphatic rings. The van der Waals surface area contributed by atoms with Crippen LogP contribution in [0.2, 0.25) is 0 Å². The van der Waals surface area contributed by atoms with Gasteiger partial charge in [0.15, 0.2) is 0 Å². The Kier molecular flexibility index (Phi) is 4.92. The van der Waals surface area contributed by atoms with Crippen molar-refractivity contribution < 1.29 is 22.4 Å². The maximum absolute atomic E-state index is 12.8. The SMILES string of the molecule is O=C(Cc1ccc(F)cc1)NCCc1cn2cc(C(F)(F)F)ccc2n1. The van der Waals surface area contributed by atoms with Gasteiger partial charge in [-0.2, -0.15) is 13.2 Å². The summed E-state index contributed by atoms with van der Waals surface area (Å²) in [5, 5.41) is 2.71. The van der Waals surface area contributed by atoms with Crippen LogP contribution in [0.5, 0.6) is 0 Å². The van der Waals surface area contributed by atoms with Crippen molar-refractivity contribution in [2.75, 3.05) is 6.54 Å². The predicted octanol–water partition coefficient (Wildman–Crippen LogP) is 3.39. The first kappa shape index (κ1) is 17.9. The first-order valence-electron chi connectivity index (χ1n) is 7.87. The lowest BCUT2D eigenvalue weighted by Crippen LogP contribution is -2.27. The number of amides is 1. The lowest BCUT2D eigenvalue weighted by molar-refractivity contribution is -0.137. The molecule has 0 radical (unpaired) electrons. The topological polar surface area (TPSA) is 46.4 Å². The van der Waals surface area contributed by atoms with E-state index in [-0.39, 0.29) is 18.1 Å². The van der Waals surface area contributed by atoms with Crippen LogP contribution in [0.3, 0.4) is 0 Å². The Bertz CT molecular complexity index is 916. The minimum atomic E-state index is -4.41. The third kappa shape index (κ3) is 4.38. The molecule has 0 aliphatic carbocycles. The van der Waals surface area contributed by atoms with Crippen molar-refractivity contribution >= 4 is 11.6 Å². The molecule has 3 rings (SSSR count). The van der Waals surface area contributed by atoms with Crippen molar-refractivity contribution in [2.45, 2.75) is 19.0 Å². The molecule has 4 nitrogen and oxygen atoms in total. The minimum absolute atomic E-state index is 0.125. The van der Waals surface area contributed by atoms with Gasteiger partial charge in [-0.05, 0) is 29.8 Å². The van der Waals surface area contributed by atoms with Crippen LogP contribution in [-0.4, -0.2) is 21.8 Å². The van der Waals surface area contributed by atoms with Gasteiger partial charge in [-0.15, -0.1) is 0 Å². The Labute approximate surface area is 146 Å². The number of benzene rings is 1. The molecular formula is C18H15F4N3O. The minimum Gasteiger partial charge on any atom is -0.355 e. The van der Waals surface area contributed by atoms with Gasteiger partial charge in [-0.1, -0.05) is 12.1 Å². The van der Waals surface area contributed by atoms with E-state index in [0.717, 1.165) is 12.3 Å². The lowest BCUT2D eigenvalue weighted by atomic mass is 10.1. The number of carbonyl (C=O) groups excluding carboxylic acids is 1. The summed E-state index contributed by atoms with van der Waals surface area (Å²) in [6, 6.07) is 7.93. The fraction of sp³-hybridized carbons (Fsp3) is 0.222. The molecule has 0 spiro atoms. The Hall–Kier alpha value is -2.90. The summed E-state index contributed by atoms with van der Waals surface area (Å²) < 4.78 is 52.3. The van der Waals surface area contributed by atoms with Gasteiger partial charge in [0.05, 0.1) is 17.7 Å². The number of alkyl halides is 3. The van der Waals surface area contributed by atoms with E-state index in [1.165, 1.54) is 40.9 Å². The monoisotopic (exact) mass is 365 g/mol. The van der Waals surface area contributed by atoms with Crippen LogP contribution in [0.4, 0.5) is 17.6 Å². The van der Waals surface area contributed by atoms with Crippen molar-refractivity contribution in [2.24, 2.45) is 0 Å². The molecule has 0 atom stereocenters. The van der Waals surface area contributed by atoms with Crippen molar-refractivity contribution in [3.05, 3.63) is 71.4 Å². The standard InChI is InChI=1S/C18H15F4N3O/c19-14-4-1-12(2-5-14)9-17(26)23-8-7-15-11-25-10-13(18(20,21)22)3-6-16(25)24-15/h1-6,10-11H,7-9H2,(H,23,26). The zero-order valence-corrected chi connectivity index (χ0v) is 13.6. The van der Waals surface area contributed by atoms with Crippen LogP contribution in [-0.2, 0) is 23.8 Å². The zero-order valence-electron chi connectivity index (χ0n) is 13.6. The van der Waals surface area contributed by atoms with E-state index in [4.69, 9.17) is 0 Å². The molecule has 2 aromatic heterocycles. The van der Waals surface area contributed by atoms with E-state index >= 15 is 0 Å². The maximum Gasteiger partial charge on any atom is 0.417 e. The van der Waals surface area contributed by atoms with Crippen molar-refractivity contribution in [3.8, 4) is 0 Å². The van der Waals surface area contributed by atoms with Crippen LogP contribution in [0.1, 0.15) is 16.8 Å². The highest BCUT2D eigenvalue weighted by Gasteiger charge is 2.30. The molecule has 2 heterocycles. The van der Waals surface area contributed by atoms with Gasteiger partial charge in [-0.25, -0.2) is 9.37 Å². The number of aromatic nitrogens is 2. The number of hydrogen-bond donors (Lipinski definition) is 1. The molecule has 1 aromatic carbocycles. The van der Waals surface area contributed by atoms with E-state index in [1.807, 2.05) is 0 Å². The Morgan fingerprint density at radius 1 is 1.08 bits per heavy atom. The molecule has 1 amide bonds. The molecule has 26 heavy (non-hydrogen) atoms. The molecule has 0 saturated heterocycles. The third-order valence-electron chi connectivity index (χ3n) is 3.81. The number of carbonyl (C=O) groups is 1. The summed E-state index contributed by atoms with van der Waals surface area (Å²) in [6.45, 7) is 0.302. The third-order valence-corrected chi connectivity index (χ3v) is 3.81. The van der Waals surface area contributed by atoms with Gasteiger partial charge < -0.3 is 9.72 Å². The van der Waals surface area contributed by atoms with Crippen LogP contribution in [0.15, 0.2) is 48.8 Å². The number of halogens is 4. The molecule has 0 fully saturated rings. The number of nitrogens with zero attached hydrogens (tertiary/aromatic N) is 2. The summed E-state index contributed by atoms with van der Waals surface area (Å²) >= 11 is 0. The highest BCUT2D eigenvalue weighted by molar-refractivity contribution is 5.78. The second kappa shape index (κ2) is 7.15. The Morgan fingerprint density at radius 3 is 2.50 bits per heavy atom. The summed E-state index contributed by atoms with van der Waals surface area (Å²) in [6.07, 6.45) is -1.40. The van der Waals surface area contributed by atoms with Crippen molar-refractivity contribution in [1.82, 2.24) is 14.7 Å². The van der Waals surface area contributed by atoms with Crippen molar-refractivity contribution in [3.63, 3.8) is 0 Å². The molecule has 1 N–H and O–H groups in total. The van der Waals surface area contributed by atoms with E-state index < -0.39 is 11.7 Å². The highest BCUT2D eigenvalue weighted by Crippen LogP contribution is 2.29. The molecule has 0 aliphatic heterocycles. The van der Waals surface area contributed by atoms with E-state index in [2.05, 4.69) is 10.3 Å². The van der Waals surface area contributed by atoms with Gasteiger partial charge >= 0.3 is 6.18 Å². The average molecular weight is 365 g/mol. The quantitative estimate of drug-likeness (QED) is 0.705. The smallest absolute Gasteiger partial charge is 0.355 e. The highest BCUT2D eigenvalue weighted by atomic mass is 19.4. The summed E-state index contributed by atoms with van der Waals surface area (Å²) in [5.74, 6) is -0.589. The van der Waals surface area contributed by atoms with Crippen LogP contribution >= 0.6 is 0 Å². The molecule has 136 valence electrons. The number of nitrogens with one attached hydrogen (secondary N) is 1. The van der Waals surface area contributed by atoms with Crippen molar-refractivity contribution in [1.29, 1.82) is 0 Å². The van der Waals surface area contributed by atoms with Gasteiger partial charge in [-0.3, -0.25) is 4.79 Å². The van der Waals surface area contributed by atoms with Gasteiger partial charge in [0, 0.05) is 25.4 Å². The largest absolute Gasteiger partial charge is 0.417 e. The lowest BCUT2D eigenvalue weighted by Gasteiger charge is -2.05. The summed E-state index contributed by atoms with van der Waals surface area (Å²) in [5.41, 5.74) is 0.926. The fourth-order valence-electron chi connectivity index (χ4n) is 2.51. The molecule has 8 heteroatoms. The number of imidazole rings is 1. The van der Waals surface area contributed by atoms with Crippen LogP contribution < -0.4 is 5.32 Å². The predicted molar refractivity (Wildman–Crippen MR) is 87.0 cm³/mol. The van der Waals surface area contributed by atoms with Crippen LogP contribution in [0, 0.1) is 5.82 Å². The van der Waals surface area contributed by atoms with E-state index in [1.54, 1.807) is 0 Å². The number of fused-ring (bicyclic) bond motifs is 1. The van der Waals surface area contributed by atoms with Gasteiger partial charge in [0.1, 0.15) is 11.5 Å². The number of pyridine rings is 1. The fourth-order valence-corrected chi connectivity index (χ4v) is 2.51. The van der Waals surface area contributed by atoms with E-state index in [9.17, 15) is 22.4 Å². The Morgan fingerprint density at radius 2 is 1.81 bits per heavy atom. The average Bonchev–Trinajstić information content (AvgIpc) is 2.98. The summed E-state index contributed by atoms with van der Waals surface area (Å²) in [4.78, 5) is 16.1. The van der Waals surface area contributed by atoms with Crippen LogP contribution in [0.25, 0.3) is 5.65 Å². The molecular weight excluding hydrogens is 350 g/mol. The first-order valence-corrected chi connectivity index (χ1v) is 7.87. The molecule has 0 saturated carbocycles. The summed E-state index contributed by atoms with van der Waals surface area (Å²) in [7, 11) is 0. The number of rotatable bonds is 5. The number of hydrogen-bond acceptors (Lipinski definition) is 2. The van der Waals surface area contributed by atoms with Gasteiger partial charge in [0.2, 0.25) is 5.91 Å². The molecule has 0 bridgehead atoms. The Balaban J connectivity index is 1.56.